The Balaban J connectivity index is 1.26. The van der Waals surface area contributed by atoms with Crippen LogP contribution in [-0.4, -0.2) is 39.4 Å². The van der Waals surface area contributed by atoms with Gasteiger partial charge in [0, 0.05) is 18.2 Å². The highest BCUT2D eigenvalue weighted by atomic mass is 19.4. The van der Waals surface area contributed by atoms with Crippen molar-refractivity contribution < 1.29 is 22.7 Å². The van der Waals surface area contributed by atoms with Gasteiger partial charge in [0.2, 0.25) is 5.95 Å². The van der Waals surface area contributed by atoms with Crippen molar-refractivity contribution in [2.75, 3.05) is 12.3 Å². The molecule has 2 N–H and O–H groups in total. The van der Waals surface area contributed by atoms with Gasteiger partial charge in [0.1, 0.15) is 6.10 Å². The van der Waals surface area contributed by atoms with Gasteiger partial charge in [-0.15, -0.1) is 0 Å². The lowest BCUT2D eigenvalue weighted by atomic mass is 9.68. The lowest BCUT2D eigenvalue weighted by molar-refractivity contribution is -0.186. The van der Waals surface area contributed by atoms with Crippen LogP contribution in [0.3, 0.4) is 0 Å². The molecule has 5 rings (SSSR count). The SMILES string of the molecule is Nc1nc2c(c(=O)n1C(C1CCC1)C1CCC1)CCN(C(=O)O[C@H]1CC[C@@H](C(F)(F)F)CC1)C2. The van der Waals surface area contributed by atoms with Crippen LogP contribution in [-0.2, 0) is 17.7 Å². The van der Waals surface area contributed by atoms with Crippen LogP contribution < -0.4 is 11.3 Å². The van der Waals surface area contributed by atoms with Crippen LogP contribution in [0, 0.1) is 17.8 Å². The summed E-state index contributed by atoms with van der Waals surface area (Å²) in [7, 11) is 0. The van der Waals surface area contributed by atoms with Crippen LogP contribution in [0.5, 0.6) is 0 Å². The molecule has 3 aliphatic carbocycles. The maximum absolute atomic E-state index is 13.5. The first-order valence-corrected chi connectivity index (χ1v) is 12.6. The Bertz CT molecular complexity index is 965. The number of hydrogen-bond donors (Lipinski definition) is 1. The number of aromatic nitrogens is 2. The second-order valence-electron chi connectivity index (χ2n) is 10.5. The maximum Gasteiger partial charge on any atom is 0.410 e. The van der Waals surface area contributed by atoms with Crippen molar-refractivity contribution in [2.45, 2.75) is 95.5 Å². The summed E-state index contributed by atoms with van der Waals surface area (Å²) in [5.74, 6) is -0.143. The van der Waals surface area contributed by atoms with E-state index < -0.39 is 24.3 Å². The van der Waals surface area contributed by atoms with Gasteiger partial charge in [0.05, 0.1) is 18.2 Å². The Morgan fingerprint density at radius 1 is 1.03 bits per heavy atom. The molecular weight excluding hydrogens is 449 g/mol. The number of hydrogen-bond acceptors (Lipinski definition) is 5. The van der Waals surface area contributed by atoms with E-state index in [1.54, 1.807) is 4.57 Å². The van der Waals surface area contributed by atoms with Crippen molar-refractivity contribution in [2.24, 2.45) is 17.8 Å². The van der Waals surface area contributed by atoms with Crippen molar-refractivity contribution in [1.82, 2.24) is 14.5 Å². The highest BCUT2D eigenvalue weighted by molar-refractivity contribution is 5.68. The van der Waals surface area contributed by atoms with E-state index in [0.29, 0.717) is 36.1 Å². The zero-order chi connectivity index (χ0) is 24.0. The number of ether oxygens (including phenoxy) is 1. The van der Waals surface area contributed by atoms with Crippen LogP contribution in [0.2, 0.25) is 0 Å². The Labute approximate surface area is 196 Å². The highest BCUT2D eigenvalue weighted by Crippen LogP contribution is 2.47. The van der Waals surface area contributed by atoms with Crippen molar-refractivity contribution in [3.63, 3.8) is 0 Å². The molecule has 3 fully saturated rings. The number of alkyl halides is 3. The molecule has 0 unspecified atom stereocenters. The summed E-state index contributed by atoms with van der Waals surface area (Å²) in [6.07, 6.45) is 2.34. The number of fused-ring (bicyclic) bond motifs is 1. The largest absolute Gasteiger partial charge is 0.446 e. The molecule has 1 amide bonds. The minimum absolute atomic E-state index is 0.0228. The summed E-state index contributed by atoms with van der Waals surface area (Å²) in [5.41, 5.74) is 7.37. The molecule has 4 aliphatic rings. The van der Waals surface area contributed by atoms with Crippen molar-refractivity contribution in [1.29, 1.82) is 0 Å². The molecule has 0 bridgehead atoms. The lowest BCUT2D eigenvalue weighted by Crippen LogP contribution is -2.45. The van der Waals surface area contributed by atoms with Crippen LogP contribution in [0.1, 0.15) is 81.5 Å². The maximum atomic E-state index is 13.5. The van der Waals surface area contributed by atoms with Gasteiger partial charge in [-0.2, -0.15) is 13.2 Å². The molecule has 1 aliphatic heterocycles. The van der Waals surface area contributed by atoms with Crippen LogP contribution in [0.25, 0.3) is 0 Å². The number of nitrogens with zero attached hydrogens (tertiary/aromatic N) is 3. The number of nitrogen functional groups attached to an aromatic ring is 1. The Hall–Kier alpha value is -2.26. The summed E-state index contributed by atoms with van der Waals surface area (Å²) >= 11 is 0. The lowest BCUT2D eigenvalue weighted by Gasteiger charge is -2.44. The first-order chi connectivity index (χ1) is 16.2. The molecule has 10 heteroatoms. The predicted molar refractivity (Wildman–Crippen MR) is 119 cm³/mol. The van der Waals surface area contributed by atoms with E-state index in [4.69, 9.17) is 10.5 Å². The summed E-state index contributed by atoms with van der Waals surface area (Å²) < 4.78 is 45.9. The monoisotopic (exact) mass is 482 g/mol. The third-order valence-corrected chi connectivity index (χ3v) is 8.52. The standard InChI is InChI=1S/C24H33F3N4O3/c25-24(26,27)16-7-9-17(10-8-16)34-23(33)30-12-11-18-19(13-30)29-22(28)31(21(18)32)20(14-3-1-4-14)15-5-2-6-15/h14-17,20H,1-13H2,(H2,28,29)/t16-,17+. The molecule has 1 aromatic heterocycles. The Morgan fingerprint density at radius 2 is 1.65 bits per heavy atom. The molecule has 0 aromatic carbocycles. The fourth-order valence-corrected chi connectivity index (χ4v) is 6.06. The summed E-state index contributed by atoms with van der Waals surface area (Å²) in [6, 6.07) is 0.114. The zero-order valence-electron chi connectivity index (χ0n) is 19.4. The summed E-state index contributed by atoms with van der Waals surface area (Å²) in [5, 5.41) is 0. The molecule has 34 heavy (non-hydrogen) atoms. The van der Waals surface area contributed by atoms with Crippen LogP contribution in [0.4, 0.5) is 23.9 Å². The van der Waals surface area contributed by atoms with Crippen molar-refractivity contribution in [3.8, 4) is 0 Å². The van der Waals surface area contributed by atoms with Crippen LogP contribution >= 0.6 is 0 Å². The van der Waals surface area contributed by atoms with Gasteiger partial charge in [0.25, 0.3) is 5.56 Å². The highest BCUT2D eigenvalue weighted by Gasteiger charge is 2.43. The summed E-state index contributed by atoms with van der Waals surface area (Å²) in [6.45, 7) is 0.450. The molecule has 0 saturated heterocycles. The number of nitrogens with two attached hydrogens (primary N) is 1. The Morgan fingerprint density at radius 3 is 2.18 bits per heavy atom. The van der Waals surface area contributed by atoms with Gasteiger partial charge >= 0.3 is 12.3 Å². The summed E-state index contributed by atoms with van der Waals surface area (Å²) in [4.78, 5) is 32.2. The third-order valence-electron chi connectivity index (χ3n) is 8.52. The topological polar surface area (TPSA) is 90.5 Å². The van der Waals surface area contributed by atoms with E-state index >= 15 is 0 Å². The quantitative estimate of drug-likeness (QED) is 0.678. The van der Waals surface area contributed by atoms with Gasteiger partial charge in [-0.25, -0.2) is 9.78 Å². The van der Waals surface area contributed by atoms with E-state index in [2.05, 4.69) is 4.98 Å². The van der Waals surface area contributed by atoms with Gasteiger partial charge in [-0.3, -0.25) is 9.36 Å². The number of halogens is 3. The molecule has 7 nitrogen and oxygen atoms in total. The number of carbonyl (C=O) groups is 1. The van der Waals surface area contributed by atoms with Crippen molar-refractivity contribution in [3.05, 3.63) is 21.6 Å². The zero-order valence-corrected chi connectivity index (χ0v) is 19.4. The molecule has 0 atom stereocenters. The minimum atomic E-state index is -4.19. The van der Waals surface area contributed by atoms with E-state index in [9.17, 15) is 22.8 Å². The second-order valence-corrected chi connectivity index (χ2v) is 10.5. The smallest absolute Gasteiger partial charge is 0.410 e. The molecule has 188 valence electrons. The normalized spacial score (nSPS) is 26.1. The number of carbonyl (C=O) groups excluding carboxylic acids is 1. The van der Waals surface area contributed by atoms with Gasteiger partial charge in [0.15, 0.2) is 0 Å². The predicted octanol–water partition coefficient (Wildman–Crippen LogP) is 4.58. The van der Waals surface area contributed by atoms with Gasteiger partial charge in [-0.1, -0.05) is 12.8 Å². The van der Waals surface area contributed by atoms with Crippen LogP contribution in [0.15, 0.2) is 4.79 Å². The van der Waals surface area contributed by atoms with Gasteiger partial charge in [-0.05, 0) is 69.6 Å². The molecule has 1 aromatic rings. The first kappa shape index (κ1) is 23.5. The minimum Gasteiger partial charge on any atom is -0.446 e. The molecule has 2 heterocycles. The Kier molecular flexibility index (Phi) is 6.27. The average Bonchev–Trinajstić information content (AvgIpc) is 2.70. The fraction of sp³-hybridized carbons (Fsp3) is 0.792. The first-order valence-electron chi connectivity index (χ1n) is 12.6. The van der Waals surface area contributed by atoms with Crippen molar-refractivity contribution >= 4 is 12.0 Å². The van der Waals surface area contributed by atoms with E-state index in [1.165, 1.54) is 17.7 Å². The fourth-order valence-electron chi connectivity index (χ4n) is 6.06. The van der Waals surface area contributed by atoms with E-state index in [0.717, 1.165) is 25.7 Å². The number of rotatable bonds is 4. The number of amides is 1. The third kappa shape index (κ3) is 4.40. The molecule has 0 spiro atoms. The second kappa shape index (κ2) is 9.07. The van der Waals surface area contributed by atoms with E-state index in [1.807, 2.05) is 0 Å². The molecule has 0 radical (unpaired) electrons. The average molecular weight is 483 g/mol. The molecule has 3 saturated carbocycles. The van der Waals surface area contributed by atoms with Gasteiger partial charge < -0.3 is 15.4 Å². The van der Waals surface area contributed by atoms with E-state index in [-0.39, 0.29) is 49.8 Å². The molecular formula is C24H33F3N4O3. The number of anilines is 1.